The highest BCUT2D eigenvalue weighted by Crippen LogP contribution is 2.27. The van der Waals surface area contributed by atoms with Crippen molar-refractivity contribution < 1.29 is 9.53 Å². The molecule has 21 heavy (non-hydrogen) atoms. The number of rotatable bonds is 4. The zero-order chi connectivity index (χ0) is 15.4. The number of hydrogen-bond acceptors (Lipinski definition) is 5. The first-order valence-electron chi connectivity index (χ1n) is 7.16. The summed E-state index contributed by atoms with van der Waals surface area (Å²) in [4.78, 5) is 24.4. The third-order valence-electron chi connectivity index (χ3n) is 3.58. The molecule has 1 aliphatic rings. The van der Waals surface area contributed by atoms with Crippen LogP contribution in [-0.4, -0.2) is 60.2 Å². The number of nitrogens with zero attached hydrogens (tertiary/aromatic N) is 4. The van der Waals surface area contributed by atoms with Crippen molar-refractivity contribution in [3.63, 3.8) is 0 Å². The number of carbonyl (C=O) groups is 1. The molecule has 7 heteroatoms. The lowest BCUT2D eigenvalue weighted by Gasteiger charge is -2.26. The number of amides is 2. The van der Waals surface area contributed by atoms with Gasteiger partial charge in [-0.3, -0.25) is 0 Å². The quantitative estimate of drug-likeness (QED) is 0.900. The van der Waals surface area contributed by atoms with Crippen LogP contribution in [0.3, 0.4) is 0 Å². The average molecular weight is 293 g/mol. The van der Waals surface area contributed by atoms with Crippen molar-refractivity contribution in [2.45, 2.75) is 32.4 Å². The maximum atomic E-state index is 12.1. The normalized spacial score (nSPS) is 18.0. The summed E-state index contributed by atoms with van der Waals surface area (Å²) < 4.78 is 5.25. The molecule has 1 aromatic rings. The van der Waals surface area contributed by atoms with E-state index in [2.05, 4.69) is 20.2 Å². The number of anilines is 1. The Labute approximate surface area is 125 Å². The maximum absolute atomic E-state index is 12.1. The van der Waals surface area contributed by atoms with Crippen molar-refractivity contribution in [3.05, 3.63) is 12.4 Å². The van der Waals surface area contributed by atoms with Crippen LogP contribution in [0.2, 0.25) is 0 Å². The van der Waals surface area contributed by atoms with Crippen LogP contribution in [0.15, 0.2) is 12.4 Å². The molecule has 0 aromatic carbocycles. The molecule has 7 nitrogen and oxygen atoms in total. The second kappa shape index (κ2) is 6.60. The molecule has 1 saturated heterocycles. The van der Waals surface area contributed by atoms with E-state index in [1.165, 1.54) is 0 Å². The minimum absolute atomic E-state index is 0.0389. The third kappa shape index (κ3) is 3.53. The topological polar surface area (TPSA) is 70.6 Å². The van der Waals surface area contributed by atoms with Crippen LogP contribution in [0.1, 0.15) is 20.3 Å². The van der Waals surface area contributed by atoms with E-state index in [1.54, 1.807) is 24.4 Å². The van der Waals surface area contributed by atoms with Crippen molar-refractivity contribution in [2.24, 2.45) is 0 Å². The van der Waals surface area contributed by atoms with Gasteiger partial charge in [0.2, 0.25) is 0 Å². The van der Waals surface area contributed by atoms with Crippen LogP contribution in [0.25, 0.3) is 0 Å². The van der Waals surface area contributed by atoms with Crippen molar-refractivity contribution in [1.29, 1.82) is 0 Å². The molecule has 1 N–H and O–H groups in total. The van der Waals surface area contributed by atoms with Gasteiger partial charge in [-0.1, -0.05) is 0 Å². The summed E-state index contributed by atoms with van der Waals surface area (Å²) in [6, 6.07) is 0.260. The largest absolute Gasteiger partial charge is 0.478 e. The van der Waals surface area contributed by atoms with Crippen LogP contribution in [0, 0.1) is 0 Å². The molecule has 116 valence electrons. The van der Waals surface area contributed by atoms with Crippen molar-refractivity contribution in [2.75, 3.05) is 32.1 Å². The molecule has 1 atom stereocenters. The fraction of sp³-hybridized carbons (Fsp3) is 0.643. The summed E-state index contributed by atoms with van der Waals surface area (Å²) in [6.45, 7) is 5.48. The lowest BCUT2D eigenvalue weighted by atomic mass is 10.2. The van der Waals surface area contributed by atoms with Crippen LogP contribution >= 0.6 is 0 Å². The predicted molar refractivity (Wildman–Crippen MR) is 80.6 cm³/mol. The molecule has 2 amide bonds. The second-order valence-electron chi connectivity index (χ2n) is 5.49. The van der Waals surface area contributed by atoms with E-state index in [0.29, 0.717) is 5.88 Å². The molecule has 0 radical (unpaired) electrons. The lowest BCUT2D eigenvalue weighted by molar-refractivity contribution is 0.191. The van der Waals surface area contributed by atoms with Crippen molar-refractivity contribution >= 4 is 11.8 Å². The van der Waals surface area contributed by atoms with Crippen LogP contribution in [-0.2, 0) is 0 Å². The van der Waals surface area contributed by atoms with Crippen LogP contribution in [0.4, 0.5) is 10.6 Å². The van der Waals surface area contributed by atoms with Crippen molar-refractivity contribution in [3.8, 4) is 5.88 Å². The Bertz CT molecular complexity index is 494. The number of methoxy groups -OCH3 is 1. The molecule has 0 aliphatic carbocycles. The summed E-state index contributed by atoms with van der Waals surface area (Å²) in [5, 5.41) is 2.91. The first-order chi connectivity index (χ1) is 10.0. The summed E-state index contributed by atoms with van der Waals surface area (Å²) in [5.74, 6) is 1.26. The summed E-state index contributed by atoms with van der Waals surface area (Å²) >= 11 is 0. The number of carbonyl (C=O) groups excluding carboxylic acids is 1. The van der Waals surface area contributed by atoms with E-state index in [9.17, 15) is 4.79 Å². The van der Waals surface area contributed by atoms with Crippen LogP contribution < -0.4 is 15.0 Å². The third-order valence-corrected chi connectivity index (χ3v) is 3.58. The van der Waals surface area contributed by atoms with Gasteiger partial charge in [-0.2, -0.15) is 0 Å². The number of urea groups is 1. The molecule has 1 fully saturated rings. The molecule has 0 spiro atoms. The maximum Gasteiger partial charge on any atom is 0.317 e. The Hall–Kier alpha value is -2.05. The van der Waals surface area contributed by atoms with Gasteiger partial charge >= 0.3 is 6.03 Å². The molecule has 0 bridgehead atoms. The fourth-order valence-corrected chi connectivity index (χ4v) is 2.44. The number of nitrogens with one attached hydrogen (secondary N) is 1. The predicted octanol–water partition coefficient (Wildman–Crippen LogP) is 1.11. The molecule has 2 rings (SSSR count). The minimum atomic E-state index is -0.0389. The van der Waals surface area contributed by atoms with E-state index >= 15 is 0 Å². The fourth-order valence-electron chi connectivity index (χ4n) is 2.44. The Morgan fingerprint density at radius 3 is 2.86 bits per heavy atom. The molecule has 1 aromatic heterocycles. The first kappa shape index (κ1) is 15.3. The second-order valence-corrected chi connectivity index (χ2v) is 5.49. The van der Waals surface area contributed by atoms with Gasteiger partial charge in [0.15, 0.2) is 5.82 Å². The highest BCUT2D eigenvalue weighted by Gasteiger charge is 2.30. The molecule has 1 aliphatic heterocycles. The van der Waals surface area contributed by atoms with Crippen molar-refractivity contribution in [1.82, 2.24) is 20.2 Å². The van der Waals surface area contributed by atoms with E-state index < -0.39 is 0 Å². The summed E-state index contributed by atoms with van der Waals surface area (Å²) in [6.07, 6.45) is 4.17. The summed E-state index contributed by atoms with van der Waals surface area (Å²) in [7, 11) is 3.42. The van der Waals surface area contributed by atoms with Gasteiger partial charge in [0.05, 0.1) is 13.2 Å². The Morgan fingerprint density at radius 1 is 1.48 bits per heavy atom. The molecule has 1 unspecified atom stereocenters. The lowest BCUT2D eigenvalue weighted by Crippen LogP contribution is -2.46. The van der Waals surface area contributed by atoms with Gasteiger partial charge in [0, 0.05) is 38.6 Å². The zero-order valence-electron chi connectivity index (χ0n) is 13.0. The Morgan fingerprint density at radius 2 is 2.19 bits per heavy atom. The SMILES string of the molecule is COc1nccnc1N1CCC(N(C)C(=O)NC(C)C)C1. The zero-order valence-corrected chi connectivity index (χ0v) is 13.0. The van der Waals surface area contributed by atoms with E-state index in [0.717, 1.165) is 25.3 Å². The Kier molecular flexibility index (Phi) is 4.82. The molecular formula is C14H23N5O2. The van der Waals surface area contributed by atoms with Gasteiger partial charge in [-0.15, -0.1) is 0 Å². The first-order valence-corrected chi connectivity index (χ1v) is 7.16. The van der Waals surface area contributed by atoms with E-state index in [1.807, 2.05) is 20.9 Å². The standard InChI is InChI=1S/C14H23N5O2/c1-10(2)17-14(20)18(3)11-5-8-19(9-11)12-13(21-4)16-7-6-15-12/h6-7,10-11H,5,8-9H2,1-4H3,(H,17,20). The van der Waals surface area contributed by atoms with E-state index in [-0.39, 0.29) is 18.1 Å². The van der Waals surface area contributed by atoms with Gasteiger partial charge in [0.25, 0.3) is 5.88 Å². The number of ether oxygens (including phenoxy) is 1. The van der Waals surface area contributed by atoms with Gasteiger partial charge < -0.3 is 19.9 Å². The monoisotopic (exact) mass is 293 g/mol. The smallest absolute Gasteiger partial charge is 0.317 e. The van der Waals surface area contributed by atoms with Gasteiger partial charge in [-0.25, -0.2) is 14.8 Å². The Balaban J connectivity index is 2.01. The molecule has 0 saturated carbocycles. The minimum Gasteiger partial charge on any atom is -0.478 e. The highest BCUT2D eigenvalue weighted by molar-refractivity contribution is 5.74. The molecular weight excluding hydrogens is 270 g/mol. The van der Waals surface area contributed by atoms with Gasteiger partial charge in [-0.05, 0) is 20.3 Å². The van der Waals surface area contributed by atoms with E-state index in [4.69, 9.17) is 4.74 Å². The number of hydrogen-bond donors (Lipinski definition) is 1. The number of likely N-dealkylation sites (N-methyl/N-ethyl adjacent to an activating group) is 1. The average Bonchev–Trinajstić information content (AvgIpc) is 2.95. The summed E-state index contributed by atoms with van der Waals surface area (Å²) in [5.41, 5.74) is 0. The van der Waals surface area contributed by atoms with Gasteiger partial charge in [0.1, 0.15) is 0 Å². The number of aromatic nitrogens is 2. The highest BCUT2D eigenvalue weighted by atomic mass is 16.5. The van der Waals surface area contributed by atoms with Crippen LogP contribution in [0.5, 0.6) is 5.88 Å². The molecule has 2 heterocycles.